The SMILES string of the molecule is CC(C)C(=O)c1nnn(C(C)C)c1C(F)(F)F. The molecular formula is C10H14F3N3O. The quantitative estimate of drug-likeness (QED) is 0.774. The molecule has 0 atom stereocenters. The molecule has 96 valence electrons. The maximum absolute atomic E-state index is 12.9. The number of rotatable bonds is 3. The van der Waals surface area contributed by atoms with Gasteiger partial charge in [-0.15, -0.1) is 5.10 Å². The van der Waals surface area contributed by atoms with Crippen molar-refractivity contribution in [2.24, 2.45) is 5.92 Å². The van der Waals surface area contributed by atoms with Gasteiger partial charge in [0.15, 0.2) is 17.2 Å². The van der Waals surface area contributed by atoms with Crippen LogP contribution in [-0.4, -0.2) is 20.8 Å². The molecule has 0 amide bonds. The first kappa shape index (κ1) is 13.7. The molecule has 0 aliphatic heterocycles. The zero-order chi connectivity index (χ0) is 13.4. The van der Waals surface area contributed by atoms with Crippen LogP contribution < -0.4 is 0 Å². The number of hydrogen-bond donors (Lipinski definition) is 0. The molecule has 1 rings (SSSR count). The van der Waals surface area contributed by atoms with Crippen molar-refractivity contribution >= 4 is 5.78 Å². The maximum atomic E-state index is 12.9. The van der Waals surface area contributed by atoms with Crippen LogP contribution in [0, 0.1) is 5.92 Å². The molecule has 0 bridgehead atoms. The van der Waals surface area contributed by atoms with Crippen molar-refractivity contribution < 1.29 is 18.0 Å². The molecule has 0 radical (unpaired) electrons. The second-order valence-electron chi connectivity index (χ2n) is 4.34. The summed E-state index contributed by atoms with van der Waals surface area (Å²) in [5.74, 6) is -1.20. The molecular weight excluding hydrogens is 235 g/mol. The third-order valence-corrected chi connectivity index (χ3v) is 2.21. The van der Waals surface area contributed by atoms with Crippen molar-refractivity contribution in [1.82, 2.24) is 15.0 Å². The normalized spacial score (nSPS) is 12.5. The summed E-state index contributed by atoms with van der Waals surface area (Å²) >= 11 is 0. The molecule has 0 unspecified atom stereocenters. The molecule has 7 heteroatoms. The lowest BCUT2D eigenvalue weighted by Crippen LogP contribution is -2.21. The summed E-state index contributed by atoms with van der Waals surface area (Å²) in [7, 11) is 0. The number of Topliss-reactive ketones (excluding diaryl/α,β-unsaturated/α-hetero) is 1. The second-order valence-corrected chi connectivity index (χ2v) is 4.34. The fourth-order valence-corrected chi connectivity index (χ4v) is 1.36. The fourth-order valence-electron chi connectivity index (χ4n) is 1.36. The Morgan fingerprint density at radius 2 is 1.76 bits per heavy atom. The van der Waals surface area contributed by atoms with E-state index in [0.29, 0.717) is 0 Å². The molecule has 0 N–H and O–H groups in total. The first-order valence-corrected chi connectivity index (χ1v) is 5.22. The van der Waals surface area contributed by atoms with Crippen LogP contribution in [0.5, 0.6) is 0 Å². The number of hydrogen-bond acceptors (Lipinski definition) is 3. The Morgan fingerprint density at radius 1 is 1.24 bits per heavy atom. The van der Waals surface area contributed by atoms with Crippen LogP contribution in [0.4, 0.5) is 13.2 Å². The Morgan fingerprint density at radius 3 is 2.12 bits per heavy atom. The minimum absolute atomic E-state index is 0.507. The number of halogens is 3. The molecule has 0 aromatic carbocycles. The molecule has 0 saturated heterocycles. The van der Waals surface area contributed by atoms with Gasteiger partial charge in [-0.2, -0.15) is 13.2 Å². The highest BCUT2D eigenvalue weighted by molar-refractivity contribution is 5.96. The highest BCUT2D eigenvalue weighted by Gasteiger charge is 2.42. The van der Waals surface area contributed by atoms with Gasteiger partial charge in [0.05, 0.1) is 0 Å². The molecule has 1 aromatic heterocycles. The molecule has 4 nitrogen and oxygen atoms in total. The monoisotopic (exact) mass is 249 g/mol. The van der Waals surface area contributed by atoms with E-state index in [2.05, 4.69) is 10.3 Å². The lowest BCUT2D eigenvalue weighted by atomic mass is 10.0. The van der Waals surface area contributed by atoms with Gasteiger partial charge < -0.3 is 0 Å². The Hall–Kier alpha value is -1.40. The maximum Gasteiger partial charge on any atom is 0.435 e. The van der Waals surface area contributed by atoms with Gasteiger partial charge in [0, 0.05) is 12.0 Å². The van der Waals surface area contributed by atoms with E-state index in [1.807, 2.05) is 0 Å². The number of aromatic nitrogens is 3. The molecule has 1 aromatic rings. The van der Waals surface area contributed by atoms with E-state index in [4.69, 9.17) is 0 Å². The number of nitrogens with zero attached hydrogens (tertiary/aromatic N) is 3. The van der Waals surface area contributed by atoms with Crippen LogP contribution in [-0.2, 0) is 6.18 Å². The van der Waals surface area contributed by atoms with Crippen molar-refractivity contribution in [3.63, 3.8) is 0 Å². The average Bonchev–Trinajstić information content (AvgIpc) is 2.59. The molecule has 0 fully saturated rings. The van der Waals surface area contributed by atoms with Crippen molar-refractivity contribution in [2.75, 3.05) is 0 Å². The Bertz CT molecular complexity index is 421. The smallest absolute Gasteiger partial charge is 0.292 e. The van der Waals surface area contributed by atoms with Crippen LogP contribution >= 0.6 is 0 Å². The Balaban J connectivity index is 3.39. The molecule has 1 heterocycles. The summed E-state index contributed by atoms with van der Waals surface area (Å²) in [5.41, 5.74) is -1.66. The lowest BCUT2D eigenvalue weighted by molar-refractivity contribution is -0.145. The van der Waals surface area contributed by atoms with Gasteiger partial charge in [-0.05, 0) is 13.8 Å². The Labute approximate surface area is 96.8 Å². The topological polar surface area (TPSA) is 47.8 Å². The highest BCUT2D eigenvalue weighted by atomic mass is 19.4. The van der Waals surface area contributed by atoms with E-state index < -0.39 is 35.3 Å². The molecule has 0 aliphatic rings. The largest absolute Gasteiger partial charge is 0.435 e. The van der Waals surface area contributed by atoms with E-state index in [9.17, 15) is 18.0 Å². The molecule has 0 aliphatic carbocycles. The standard InChI is InChI=1S/C10H14F3N3O/c1-5(2)8(17)7-9(10(11,12)13)16(6(3)4)15-14-7/h5-6H,1-4H3. The summed E-state index contributed by atoms with van der Waals surface area (Å²) in [6, 6.07) is -0.507. The third kappa shape index (κ3) is 2.65. The van der Waals surface area contributed by atoms with Gasteiger partial charge in [0.1, 0.15) is 0 Å². The number of alkyl halides is 3. The minimum atomic E-state index is -4.63. The van der Waals surface area contributed by atoms with Crippen LogP contribution in [0.2, 0.25) is 0 Å². The third-order valence-electron chi connectivity index (χ3n) is 2.21. The summed E-state index contributed by atoms with van der Waals surface area (Å²) in [6.45, 7) is 6.15. The van der Waals surface area contributed by atoms with Crippen molar-refractivity contribution in [1.29, 1.82) is 0 Å². The first-order valence-electron chi connectivity index (χ1n) is 5.22. The van der Waals surface area contributed by atoms with Gasteiger partial charge in [0.25, 0.3) is 0 Å². The molecule has 0 saturated carbocycles. The number of ketones is 1. The zero-order valence-electron chi connectivity index (χ0n) is 10.0. The summed E-state index contributed by atoms with van der Waals surface area (Å²) in [4.78, 5) is 11.6. The van der Waals surface area contributed by atoms with E-state index in [1.165, 1.54) is 13.8 Å². The summed E-state index contributed by atoms with van der Waals surface area (Å²) in [6.07, 6.45) is -4.63. The lowest BCUT2D eigenvalue weighted by Gasteiger charge is -2.13. The summed E-state index contributed by atoms with van der Waals surface area (Å²) in [5, 5.41) is 6.78. The van der Waals surface area contributed by atoms with E-state index in [1.54, 1.807) is 13.8 Å². The Kier molecular flexibility index (Phi) is 3.59. The number of carbonyl (C=O) groups excluding carboxylic acids is 1. The van der Waals surface area contributed by atoms with Crippen LogP contribution in [0.3, 0.4) is 0 Å². The van der Waals surface area contributed by atoms with Gasteiger partial charge in [-0.1, -0.05) is 19.1 Å². The predicted octanol–water partition coefficient (Wildman–Crippen LogP) is 2.72. The minimum Gasteiger partial charge on any atom is -0.292 e. The summed E-state index contributed by atoms with van der Waals surface area (Å²) < 4.78 is 39.4. The van der Waals surface area contributed by atoms with Gasteiger partial charge in [-0.3, -0.25) is 4.79 Å². The number of carbonyl (C=O) groups is 1. The fraction of sp³-hybridized carbons (Fsp3) is 0.700. The van der Waals surface area contributed by atoms with Crippen LogP contribution in [0.25, 0.3) is 0 Å². The predicted molar refractivity (Wildman–Crippen MR) is 54.6 cm³/mol. The van der Waals surface area contributed by atoms with E-state index >= 15 is 0 Å². The molecule has 0 spiro atoms. The van der Waals surface area contributed by atoms with Crippen molar-refractivity contribution in [3.8, 4) is 0 Å². The van der Waals surface area contributed by atoms with Gasteiger partial charge in [0.2, 0.25) is 0 Å². The van der Waals surface area contributed by atoms with E-state index in [0.717, 1.165) is 4.68 Å². The van der Waals surface area contributed by atoms with Crippen LogP contribution in [0.15, 0.2) is 0 Å². The second kappa shape index (κ2) is 4.46. The van der Waals surface area contributed by atoms with Crippen LogP contribution in [0.1, 0.15) is 49.9 Å². The zero-order valence-corrected chi connectivity index (χ0v) is 10.0. The van der Waals surface area contributed by atoms with E-state index in [-0.39, 0.29) is 0 Å². The van der Waals surface area contributed by atoms with Gasteiger partial charge >= 0.3 is 6.18 Å². The van der Waals surface area contributed by atoms with Crippen molar-refractivity contribution in [2.45, 2.75) is 39.9 Å². The highest BCUT2D eigenvalue weighted by Crippen LogP contribution is 2.33. The average molecular weight is 249 g/mol. The van der Waals surface area contributed by atoms with Crippen molar-refractivity contribution in [3.05, 3.63) is 11.4 Å². The molecule has 17 heavy (non-hydrogen) atoms. The van der Waals surface area contributed by atoms with Gasteiger partial charge in [-0.25, -0.2) is 4.68 Å². The first-order chi connectivity index (χ1) is 7.66.